The molecule has 1 fully saturated rings. The summed E-state index contributed by atoms with van der Waals surface area (Å²) in [7, 11) is 0. The molecule has 27 heavy (non-hydrogen) atoms. The summed E-state index contributed by atoms with van der Waals surface area (Å²) < 4.78 is 0. The van der Waals surface area contributed by atoms with Gasteiger partial charge < -0.3 is 15.1 Å². The van der Waals surface area contributed by atoms with Crippen LogP contribution >= 0.6 is 23.2 Å². The van der Waals surface area contributed by atoms with Gasteiger partial charge in [0.1, 0.15) is 6.54 Å². The monoisotopic (exact) mass is 405 g/mol. The molecule has 1 heterocycles. The first-order chi connectivity index (χ1) is 13.0. The van der Waals surface area contributed by atoms with Gasteiger partial charge in [-0.1, -0.05) is 47.5 Å². The Kier molecular flexibility index (Phi) is 6.58. The molecule has 1 saturated heterocycles. The summed E-state index contributed by atoms with van der Waals surface area (Å²) in [5, 5.41) is 4.23. The number of rotatable bonds is 7. The van der Waals surface area contributed by atoms with Crippen molar-refractivity contribution in [1.82, 2.24) is 15.1 Å². The molecule has 0 unspecified atom stereocenters. The number of benzene rings is 2. The molecule has 7 heteroatoms. The van der Waals surface area contributed by atoms with E-state index < -0.39 is 0 Å². The number of nitrogens with one attached hydrogen (secondary N) is 1. The molecule has 2 aromatic carbocycles. The summed E-state index contributed by atoms with van der Waals surface area (Å²) in [6, 6.07) is 14.8. The second-order valence-electron chi connectivity index (χ2n) is 6.48. The van der Waals surface area contributed by atoms with Gasteiger partial charge in [-0.3, -0.25) is 4.79 Å². The molecule has 5 nitrogen and oxygen atoms in total. The van der Waals surface area contributed by atoms with Gasteiger partial charge in [0, 0.05) is 36.2 Å². The lowest BCUT2D eigenvalue weighted by Crippen LogP contribution is -2.40. The quantitative estimate of drug-likeness (QED) is 0.764. The van der Waals surface area contributed by atoms with Gasteiger partial charge in [-0.05, 0) is 41.8 Å². The minimum absolute atomic E-state index is 0.0799. The number of hydrogen-bond acceptors (Lipinski definition) is 2. The summed E-state index contributed by atoms with van der Waals surface area (Å²) in [6.45, 7) is 2.29. The number of nitrogens with zero attached hydrogens (tertiary/aromatic N) is 2. The Balaban J connectivity index is 1.42. The van der Waals surface area contributed by atoms with E-state index in [9.17, 15) is 9.59 Å². The Morgan fingerprint density at radius 2 is 1.44 bits per heavy atom. The predicted molar refractivity (Wildman–Crippen MR) is 107 cm³/mol. The van der Waals surface area contributed by atoms with Crippen molar-refractivity contribution in [2.45, 2.75) is 13.0 Å². The third kappa shape index (κ3) is 5.62. The highest BCUT2D eigenvalue weighted by molar-refractivity contribution is 6.30. The molecule has 3 amide bonds. The molecule has 0 atom stereocenters. The molecule has 0 saturated carbocycles. The largest absolute Gasteiger partial charge is 0.354 e. The molecule has 1 N–H and O–H groups in total. The van der Waals surface area contributed by atoms with Gasteiger partial charge in [0.25, 0.3) is 0 Å². The number of carbonyl (C=O) groups excluding carboxylic acids is 2. The van der Waals surface area contributed by atoms with Crippen LogP contribution in [0.25, 0.3) is 0 Å². The molecule has 0 radical (unpaired) electrons. The summed E-state index contributed by atoms with van der Waals surface area (Å²) in [6.07, 6.45) is 0.722. The molecule has 142 valence electrons. The van der Waals surface area contributed by atoms with E-state index in [1.165, 1.54) is 0 Å². The first-order valence-electron chi connectivity index (χ1n) is 8.81. The second kappa shape index (κ2) is 9.11. The SMILES string of the molecule is O=C(CN1CCN(Cc2ccc(Cl)cc2)C1=O)NCCc1ccc(Cl)cc1. The van der Waals surface area contributed by atoms with E-state index in [1.54, 1.807) is 9.80 Å². The van der Waals surface area contributed by atoms with E-state index in [0.717, 1.165) is 17.5 Å². The van der Waals surface area contributed by atoms with Gasteiger partial charge in [0.2, 0.25) is 5.91 Å². The van der Waals surface area contributed by atoms with Crippen LogP contribution in [-0.4, -0.2) is 47.9 Å². The van der Waals surface area contributed by atoms with Crippen molar-refractivity contribution in [3.63, 3.8) is 0 Å². The predicted octanol–water partition coefficient (Wildman–Crippen LogP) is 3.59. The molecular weight excluding hydrogens is 385 g/mol. The first-order valence-corrected chi connectivity index (χ1v) is 9.56. The van der Waals surface area contributed by atoms with Crippen molar-refractivity contribution in [3.05, 3.63) is 69.7 Å². The average molecular weight is 406 g/mol. The van der Waals surface area contributed by atoms with Crippen molar-refractivity contribution in [3.8, 4) is 0 Å². The number of urea groups is 1. The number of hydrogen-bond donors (Lipinski definition) is 1. The Hall–Kier alpha value is -2.24. The average Bonchev–Trinajstić information content (AvgIpc) is 2.98. The van der Waals surface area contributed by atoms with Crippen LogP contribution in [0, 0.1) is 0 Å². The van der Waals surface area contributed by atoms with Gasteiger partial charge in [-0.2, -0.15) is 0 Å². The second-order valence-corrected chi connectivity index (χ2v) is 7.35. The van der Waals surface area contributed by atoms with E-state index in [2.05, 4.69) is 5.32 Å². The molecule has 3 rings (SSSR count). The normalized spacial score (nSPS) is 13.9. The van der Waals surface area contributed by atoms with Crippen molar-refractivity contribution in [2.24, 2.45) is 0 Å². The van der Waals surface area contributed by atoms with Crippen LogP contribution < -0.4 is 5.32 Å². The highest BCUT2D eigenvalue weighted by atomic mass is 35.5. The number of carbonyl (C=O) groups is 2. The van der Waals surface area contributed by atoms with E-state index in [-0.39, 0.29) is 18.5 Å². The lowest BCUT2D eigenvalue weighted by molar-refractivity contribution is -0.121. The van der Waals surface area contributed by atoms with Crippen LogP contribution in [0.1, 0.15) is 11.1 Å². The Morgan fingerprint density at radius 1 is 0.889 bits per heavy atom. The molecular formula is C20H21Cl2N3O2. The number of amides is 3. The zero-order valence-electron chi connectivity index (χ0n) is 14.8. The maximum atomic E-state index is 12.5. The zero-order chi connectivity index (χ0) is 19.2. The first kappa shape index (κ1) is 19.5. The molecule has 0 aromatic heterocycles. The van der Waals surface area contributed by atoms with E-state index in [1.807, 2.05) is 48.5 Å². The highest BCUT2D eigenvalue weighted by Crippen LogP contribution is 2.15. The van der Waals surface area contributed by atoms with Crippen LogP contribution in [0.2, 0.25) is 10.0 Å². The van der Waals surface area contributed by atoms with Gasteiger partial charge in [-0.25, -0.2) is 4.79 Å². The maximum Gasteiger partial charge on any atom is 0.320 e. The molecule has 1 aliphatic heterocycles. The fraction of sp³-hybridized carbons (Fsp3) is 0.300. The Labute approximate surface area is 168 Å². The van der Waals surface area contributed by atoms with Crippen molar-refractivity contribution in [1.29, 1.82) is 0 Å². The summed E-state index contributed by atoms with van der Waals surface area (Å²) in [5.74, 6) is -0.148. The number of halogens is 2. The minimum atomic E-state index is -0.148. The molecule has 1 aliphatic rings. The van der Waals surface area contributed by atoms with Crippen LogP contribution in [0.15, 0.2) is 48.5 Å². The van der Waals surface area contributed by atoms with Crippen molar-refractivity contribution in [2.75, 3.05) is 26.2 Å². The molecule has 0 aliphatic carbocycles. The maximum absolute atomic E-state index is 12.5. The van der Waals surface area contributed by atoms with E-state index >= 15 is 0 Å². The fourth-order valence-corrected chi connectivity index (χ4v) is 3.21. The lowest BCUT2D eigenvalue weighted by Gasteiger charge is -2.18. The standard InChI is InChI=1S/C20H21Cl2N3O2/c21-17-5-1-15(2-6-17)9-10-23-19(26)14-25-12-11-24(20(25)27)13-16-3-7-18(22)8-4-16/h1-8H,9-14H2,(H,23,26). The van der Waals surface area contributed by atoms with Crippen molar-refractivity contribution < 1.29 is 9.59 Å². The smallest absolute Gasteiger partial charge is 0.320 e. The molecule has 2 aromatic rings. The van der Waals surface area contributed by atoms with Gasteiger partial charge >= 0.3 is 6.03 Å². The van der Waals surface area contributed by atoms with E-state index in [4.69, 9.17) is 23.2 Å². The van der Waals surface area contributed by atoms with E-state index in [0.29, 0.717) is 36.2 Å². The van der Waals surface area contributed by atoms with Crippen LogP contribution in [0.4, 0.5) is 4.79 Å². The summed E-state index contributed by atoms with van der Waals surface area (Å²) in [5.41, 5.74) is 2.12. The summed E-state index contributed by atoms with van der Waals surface area (Å²) >= 11 is 11.7. The lowest BCUT2D eigenvalue weighted by atomic mass is 10.1. The topological polar surface area (TPSA) is 52.7 Å². The van der Waals surface area contributed by atoms with Crippen LogP contribution in [0.5, 0.6) is 0 Å². The third-order valence-electron chi connectivity index (χ3n) is 4.45. The van der Waals surface area contributed by atoms with Crippen molar-refractivity contribution >= 4 is 35.1 Å². The zero-order valence-corrected chi connectivity index (χ0v) is 16.3. The molecule has 0 spiro atoms. The van der Waals surface area contributed by atoms with Crippen LogP contribution in [-0.2, 0) is 17.8 Å². The minimum Gasteiger partial charge on any atom is -0.354 e. The fourth-order valence-electron chi connectivity index (χ4n) is 2.96. The molecule has 0 bridgehead atoms. The Bertz CT molecular complexity index is 794. The van der Waals surface area contributed by atoms with Gasteiger partial charge in [0.05, 0.1) is 0 Å². The third-order valence-corrected chi connectivity index (χ3v) is 4.96. The van der Waals surface area contributed by atoms with Gasteiger partial charge in [-0.15, -0.1) is 0 Å². The van der Waals surface area contributed by atoms with Gasteiger partial charge in [0.15, 0.2) is 0 Å². The van der Waals surface area contributed by atoms with Crippen LogP contribution in [0.3, 0.4) is 0 Å². The highest BCUT2D eigenvalue weighted by Gasteiger charge is 2.29. The Morgan fingerprint density at radius 3 is 2.07 bits per heavy atom. The summed E-state index contributed by atoms with van der Waals surface area (Å²) in [4.78, 5) is 27.9.